The maximum absolute atomic E-state index is 4.34. The zero-order valence-electron chi connectivity index (χ0n) is 9.18. The first-order valence-electron chi connectivity index (χ1n) is 4.95. The second-order valence-corrected chi connectivity index (χ2v) is 5.52. The predicted molar refractivity (Wildman–Crippen MR) is 69.7 cm³/mol. The monoisotopic (exact) mass is 248 g/mol. The van der Waals surface area contributed by atoms with Crippen LogP contribution in [-0.2, 0) is 0 Å². The summed E-state index contributed by atoms with van der Waals surface area (Å²) >= 11 is 0. The molecule has 0 fully saturated rings. The lowest BCUT2D eigenvalue weighted by Crippen LogP contribution is -1.84. The van der Waals surface area contributed by atoms with Crippen molar-refractivity contribution in [3.8, 4) is 0 Å². The highest BCUT2D eigenvalue weighted by atomic mass is 33.1. The maximum atomic E-state index is 4.34. The van der Waals surface area contributed by atoms with Crippen LogP contribution in [0.25, 0.3) is 0 Å². The van der Waals surface area contributed by atoms with Crippen LogP contribution in [-0.4, -0.2) is 9.97 Å². The molecule has 0 unspecified atom stereocenters. The number of hydrogen-bond acceptors (Lipinski definition) is 4. The molecule has 0 atom stereocenters. The molecule has 0 aliphatic carbocycles. The van der Waals surface area contributed by atoms with Gasteiger partial charge in [-0.05, 0) is 58.7 Å². The predicted octanol–water partition coefficient (Wildman–Crippen LogP) is 3.89. The van der Waals surface area contributed by atoms with E-state index in [2.05, 4.69) is 35.9 Å². The largest absolute Gasteiger partial charge is 0.249 e. The van der Waals surface area contributed by atoms with Crippen molar-refractivity contribution in [2.45, 2.75) is 23.9 Å². The average Bonchev–Trinajstić information content (AvgIpc) is 2.30. The molecule has 0 radical (unpaired) electrons. The van der Waals surface area contributed by atoms with Crippen LogP contribution in [0, 0.1) is 13.8 Å². The van der Waals surface area contributed by atoms with E-state index in [9.17, 15) is 0 Å². The molecular weight excluding hydrogens is 236 g/mol. The van der Waals surface area contributed by atoms with Crippen LogP contribution >= 0.6 is 21.6 Å². The Morgan fingerprint density at radius 2 is 1.25 bits per heavy atom. The normalized spacial score (nSPS) is 10.4. The zero-order valence-corrected chi connectivity index (χ0v) is 10.8. The van der Waals surface area contributed by atoms with Gasteiger partial charge in [-0.15, -0.1) is 0 Å². The minimum absolute atomic E-state index is 1.05. The molecule has 82 valence electrons. The highest BCUT2D eigenvalue weighted by Crippen LogP contribution is 2.37. The van der Waals surface area contributed by atoms with E-state index in [0.717, 1.165) is 10.1 Å². The first-order valence-corrected chi connectivity index (χ1v) is 7.10. The fraction of sp³-hybridized carbons (Fsp3) is 0.167. The first kappa shape index (κ1) is 11.5. The van der Waals surface area contributed by atoms with Crippen molar-refractivity contribution in [2.75, 3.05) is 0 Å². The van der Waals surface area contributed by atoms with Crippen molar-refractivity contribution in [3.63, 3.8) is 0 Å². The summed E-state index contributed by atoms with van der Waals surface area (Å²) in [7, 11) is 3.31. The highest BCUT2D eigenvalue weighted by molar-refractivity contribution is 8.76. The molecular formula is C12H12N2S2. The van der Waals surface area contributed by atoms with Crippen molar-refractivity contribution in [1.82, 2.24) is 9.97 Å². The van der Waals surface area contributed by atoms with Crippen LogP contribution in [0.1, 0.15) is 11.1 Å². The van der Waals surface area contributed by atoms with Gasteiger partial charge in [0.25, 0.3) is 0 Å². The van der Waals surface area contributed by atoms with Gasteiger partial charge in [-0.2, -0.15) is 0 Å². The third kappa shape index (κ3) is 2.77. The molecule has 0 aromatic carbocycles. The molecule has 0 N–H and O–H groups in total. The van der Waals surface area contributed by atoms with Gasteiger partial charge in [-0.3, -0.25) is 0 Å². The van der Waals surface area contributed by atoms with Crippen LogP contribution in [0.3, 0.4) is 0 Å². The van der Waals surface area contributed by atoms with E-state index in [4.69, 9.17) is 0 Å². The number of rotatable bonds is 3. The molecule has 0 aliphatic heterocycles. The Bertz CT molecular complexity index is 440. The lowest BCUT2D eigenvalue weighted by atomic mass is 10.3. The lowest BCUT2D eigenvalue weighted by molar-refractivity contribution is 1.08. The first-order chi connectivity index (χ1) is 7.77. The molecule has 0 saturated heterocycles. The van der Waals surface area contributed by atoms with Gasteiger partial charge in [0.05, 0.1) is 0 Å². The van der Waals surface area contributed by atoms with Crippen molar-refractivity contribution in [2.24, 2.45) is 0 Å². The fourth-order valence-corrected chi connectivity index (χ4v) is 3.48. The summed E-state index contributed by atoms with van der Waals surface area (Å²) in [5.41, 5.74) is 2.40. The van der Waals surface area contributed by atoms with Gasteiger partial charge in [-0.1, -0.05) is 12.1 Å². The van der Waals surface area contributed by atoms with Crippen LogP contribution in [0.2, 0.25) is 0 Å². The van der Waals surface area contributed by atoms with Crippen molar-refractivity contribution < 1.29 is 0 Å². The summed E-state index contributed by atoms with van der Waals surface area (Å²) in [6.07, 6.45) is 3.64. The van der Waals surface area contributed by atoms with Gasteiger partial charge < -0.3 is 0 Å². The minimum Gasteiger partial charge on any atom is -0.249 e. The molecule has 16 heavy (non-hydrogen) atoms. The topological polar surface area (TPSA) is 25.8 Å². The van der Waals surface area contributed by atoms with Crippen molar-refractivity contribution >= 4 is 21.6 Å². The molecule has 0 aliphatic rings. The summed E-state index contributed by atoms with van der Waals surface area (Å²) in [6, 6.07) is 8.05. The number of aryl methyl sites for hydroxylation is 2. The molecule has 4 heteroatoms. The Balaban J connectivity index is 2.09. The van der Waals surface area contributed by atoms with E-state index in [0.29, 0.717) is 0 Å². The smallest absolute Gasteiger partial charge is 0.110 e. The summed E-state index contributed by atoms with van der Waals surface area (Å²) in [5.74, 6) is 0. The molecule has 0 amide bonds. The Morgan fingerprint density at radius 1 is 0.812 bits per heavy atom. The highest BCUT2D eigenvalue weighted by Gasteiger charge is 2.04. The molecule has 0 saturated carbocycles. The van der Waals surface area contributed by atoms with E-state index in [1.54, 1.807) is 21.6 Å². The lowest BCUT2D eigenvalue weighted by Gasteiger charge is -2.04. The molecule has 2 heterocycles. The van der Waals surface area contributed by atoms with Gasteiger partial charge in [0.15, 0.2) is 0 Å². The SMILES string of the molecule is Cc1cccnc1SSc1ncccc1C. The van der Waals surface area contributed by atoms with Crippen LogP contribution in [0.15, 0.2) is 46.7 Å². The summed E-state index contributed by atoms with van der Waals surface area (Å²) < 4.78 is 0. The summed E-state index contributed by atoms with van der Waals surface area (Å²) in [6.45, 7) is 4.14. The van der Waals surface area contributed by atoms with E-state index in [1.807, 2.05) is 24.5 Å². The molecule has 2 nitrogen and oxygen atoms in total. The molecule has 2 rings (SSSR count). The average molecular weight is 248 g/mol. The number of pyridine rings is 2. The maximum Gasteiger partial charge on any atom is 0.110 e. The number of aromatic nitrogens is 2. The second-order valence-electron chi connectivity index (χ2n) is 3.42. The quantitative estimate of drug-likeness (QED) is 0.770. The van der Waals surface area contributed by atoms with Gasteiger partial charge in [0.1, 0.15) is 10.1 Å². The number of nitrogens with zero attached hydrogens (tertiary/aromatic N) is 2. The minimum atomic E-state index is 1.05. The van der Waals surface area contributed by atoms with Crippen LogP contribution < -0.4 is 0 Å². The van der Waals surface area contributed by atoms with Crippen molar-refractivity contribution in [3.05, 3.63) is 47.8 Å². The molecule has 2 aromatic rings. The van der Waals surface area contributed by atoms with Crippen LogP contribution in [0.4, 0.5) is 0 Å². The molecule has 2 aromatic heterocycles. The van der Waals surface area contributed by atoms with Gasteiger partial charge in [0, 0.05) is 12.4 Å². The van der Waals surface area contributed by atoms with Crippen LogP contribution in [0.5, 0.6) is 0 Å². The third-order valence-electron chi connectivity index (χ3n) is 2.12. The summed E-state index contributed by atoms with van der Waals surface area (Å²) in [5, 5.41) is 2.11. The molecule has 0 bridgehead atoms. The summed E-state index contributed by atoms with van der Waals surface area (Å²) in [4.78, 5) is 8.67. The van der Waals surface area contributed by atoms with E-state index in [1.165, 1.54) is 11.1 Å². The number of hydrogen-bond donors (Lipinski definition) is 0. The van der Waals surface area contributed by atoms with E-state index >= 15 is 0 Å². The zero-order chi connectivity index (χ0) is 11.4. The van der Waals surface area contributed by atoms with E-state index in [-0.39, 0.29) is 0 Å². The Hall–Kier alpha value is -1.00. The van der Waals surface area contributed by atoms with Crippen molar-refractivity contribution in [1.29, 1.82) is 0 Å². The van der Waals surface area contributed by atoms with Gasteiger partial charge >= 0.3 is 0 Å². The van der Waals surface area contributed by atoms with Gasteiger partial charge in [-0.25, -0.2) is 9.97 Å². The van der Waals surface area contributed by atoms with E-state index < -0.39 is 0 Å². The fourth-order valence-electron chi connectivity index (χ4n) is 1.20. The Morgan fingerprint density at radius 3 is 1.62 bits per heavy atom. The van der Waals surface area contributed by atoms with Gasteiger partial charge in [0.2, 0.25) is 0 Å². The second kappa shape index (κ2) is 5.37. The Kier molecular flexibility index (Phi) is 3.85. The Labute approximate surface area is 103 Å². The standard InChI is InChI=1S/C12H12N2S2/c1-9-5-3-7-13-11(9)15-16-12-10(2)6-4-8-14-12/h3-8H,1-2H3. The third-order valence-corrected chi connectivity index (χ3v) is 4.57. The molecule has 0 spiro atoms.